The summed E-state index contributed by atoms with van der Waals surface area (Å²) in [5.41, 5.74) is 0. The summed E-state index contributed by atoms with van der Waals surface area (Å²) in [5, 5.41) is 7.29. The number of hydrogen-bond acceptors (Lipinski definition) is 4. The zero-order chi connectivity index (χ0) is 13.3. The lowest BCUT2D eigenvalue weighted by molar-refractivity contribution is 0.297. The van der Waals surface area contributed by atoms with Gasteiger partial charge in [-0.15, -0.1) is 12.4 Å². The van der Waals surface area contributed by atoms with Crippen molar-refractivity contribution in [1.82, 2.24) is 19.4 Å². The Morgan fingerprint density at radius 1 is 1.42 bits per heavy atom. The van der Waals surface area contributed by atoms with Crippen LogP contribution in [0.5, 0.6) is 0 Å². The normalized spacial score (nSPS) is 18.3. The van der Waals surface area contributed by atoms with Crippen molar-refractivity contribution in [2.75, 3.05) is 20.1 Å². The number of nitrogens with zero attached hydrogens (tertiary/aromatic N) is 3. The summed E-state index contributed by atoms with van der Waals surface area (Å²) in [7, 11) is -0.0595. The summed E-state index contributed by atoms with van der Waals surface area (Å²) in [6.45, 7) is 1.02. The second-order valence-corrected chi connectivity index (χ2v) is 6.65. The average Bonchev–Trinajstić information content (AvgIpc) is 2.69. The average molecular weight is 329 g/mol. The lowest BCUT2D eigenvalue weighted by Gasteiger charge is -2.30. The van der Waals surface area contributed by atoms with E-state index in [9.17, 15) is 8.42 Å². The Labute approximate surface area is 124 Å². The second-order valence-electron chi connectivity index (χ2n) is 4.39. The highest BCUT2D eigenvalue weighted by Crippen LogP contribution is 2.25. The third kappa shape index (κ3) is 3.22. The van der Waals surface area contributed by atoms with E-state index in [4.69, 9.17) is 11.6 Å². The summed E-state index contributed by atoms with van der Waals surface area (Å²) in [6, 6.07) is 0.387. The molecule has 1 aliphatic heterocycles. The molecule has 0 bridgehead atoms. The summed E-state index contributed by atoms with van der Waals surface area (Å²) >= 11 is 5.90. The fourth-order valence-electron chi connectivity index (χ4n) is 2.20. The quantitative estimate of drug-likeness (QED) is 0.893. The van der Waals surface area contributed by atoms with E-state index in [0.29, 0.717) is 19.1 Å². The Morgan fingerprint density at radius 2 is 2.00 bits per heavy atom. The van der Waals surface area contributed by atoms with Crippen molar-refractivity contribution in [3.8, 4) is 0 Å². The van der Waals surface area contributed by atoms with Gasteiger partial charge in [-0.05, 0) is 19.9 Å². The molecule has 6 nitrogen and oxygen atoms in total. The monoisotopic (exact) mass is 328 g/mol. The molecule has 1 aromatic heterocycles. The van der Waals surface area contributed by atoms with Gasteiger partial charge in [0.05, 0.1) is 11.2 Å². The smallest absolute Gasteiger partial charge is 0.261 e. The summed E-state index contributed by atoms with van der Waals surface area (Å²) in [4.78, 5) is 0. The van der Waals surface area contributed by atoms with Crippen molar-refractivity contribution in [3.63, 3.8) is 0 Å². The van der Waals surface area contributed by atoms with E-state index >= 15 is 0 Å². The van der Waals surface area contributed by atoms with Crippen molar-refractivity contribution in [2.24, 2.45) is 7.05 Å². The Hall–Kier alpha value is -0.340. The van der Waals surface area contributed by atoms with E-state index in [1.54, 1.807) is 7.05 Å². The molecular weight excluding hydrogens is 311 g/mol. The molecule has 1 N–H and O–H groups in total. The number of nitrogens with one attached hydrogen (secondary N) is 1. The molecule has 1 aliphatic rings. The Bertz CT molecular complexity index is 504. The molecule has 0 saturated carbocycles. The summed E-state index contributed by atoms with van der Waals surface area (Å²) < 4.78 is 27.7. The minimum atomic E-state index is -3.54. The highest BCUT2D eigenvalue weighted by Gasteiger charge is 2.32. The fourth-order valence-corrected chi connectivity index (χ4v) is 4.27. The highest BCUT2D eigenvalue weighted by atomic mass is 35.5. The molecule has 1 saturated heterocycles. The second kappa shape index (κ2) is 6.41. The van der Waals surface area contributed by atoms with Gasteiger partial charge in [-0.3, -0.25) is 4.68 Å². The van der Waals surface area contributed by atoms with Crippen LogP contribution in [0.2, 0.25) is 5.02 Å². The van der Waals surface area contributed by atoms with Crippen molar-refractivity contribution >= 4 is 34.0 Å². The topological polar surface area (TPSA) is 67.2 Å². The van der Waals surface area contributed by atoms with E-state index in [0.717, 1.165) is 12.8 Å². The van der Waals surface area contributed by atoms with Gasteiger partial charge in [-0.2, -0.15) is 9.40 Å². The van der Waals surface area contributed by atoms with E-state index in [2.05, 4.69) is 10.4 Å². The minimum Gasteiger partial charge on any atom is -0.317 e. The molecule has 2 heterocycles. The van der Waals surface area contributed by atoms with Gasteiger partial charge in [0.2, 0.25) is 0 Å². The lowest BCUT2D eigenvalue weighted by Crippen LogP contribution is -2.44. The highest BCUT2D eigenvalue weighted by molar-refractivity contribution is 7.89. The molecule has 0 unspecified atom stereocenters. The van der Waals surface area contributed by atoms with Crippen molar-refractivity contribution in [2.45, 2.75) is 23.9 Å². The molecule has 1 fully saturated rings. The van der Waals surface area contributed by atoms with E-state index in [1.807, 2.05) is 7.05 Å². The minimum absolute atomic E-state index is 0. The van der Waals surface area contributed by atoms with Gasteiger partial charge in [0.15, 0.2) is 5.03 Å². The molecule has 0 aliphatic carbocycles. The van der Waals surface area contributed by atoms with Crippen molar-refractivity contribution in [1.29, 1.82) is 0 Å². The fraction of sp³-hybridized carbons (Fsp3) is 0.700. The third-order valence-corrected chi connectivity index (χ3v) is 5.70. The molecule has 0 aromatic carbocycles. The van der Waals surface area contributed by atoms with Gasteiger partial charge in [0.25, 0.3) is 10.0 Å². The van der Waals surface area contributed by atoms with Crippen LogP contribution in [0, 0.1) is 0 Å². The maximum atomic E-state index is 12.4. The number of piperidine rings is 1. The molecule has 0 spiro atoms. The van der Waals surface area contributed by atoms with E-state index in [-0.39, 0.29) is 22.5 Å². The van der Waals surface area contributed by atoms with Gasteiger partial charge in [0.1, 0.15) is 0 Å². The van der Waals surface area contributed by atoms with Crippen LogP contribution in [0.4, 0.5) is 0 Å². The van der Waals surface area contributed by atoms with Crippen LogP contribution < -0.4 is 5.32 Å². The number of rotatable bonds is 3. The molecule has 0 amide bonds. The first-order valence-electron chi connectivity index (χ1n) is 5.81. The molecule has 110 valence electrons. The Morgan fingerprint density at radius 3 is 2.42 bits per heavy atom. The SMILES string of the molecule is CNC1CCN(S(=O)(=O)c2c(Cl)cnn2C)CC1.Cl. The first-order valence-corrected chi connectivity index (χ1v) is 7.63. The van der Waals surface area contributed by atoms with Crippen LogP contribution in [0.1, 0.15) is 12.8 Å². The van der Waals surface area contributed by atoms with Crippen LogP contribution in [-0.2, 0) is 17.1 Å². The first kappa shape index (κ1) is 16.7. The molecule has 1 aromatic rings. The Kier molecular flexibility index (Phi) is 5.64. The van der Waals surface area contributed by atoms with Crippen LogP contribution in [0.25, 0.3) is 0 Å². The number of aryl methyl sites for hydroxylation is 1. The molecule has 9 heteroatoms. The van der Waals surface area contributed by atoms with Crippen molar-refractivity contribution < 1.29 is 8.42 Å². The standard InChI is InChI=1S/C10H17ClN4O2S.ClH/c1-12-8-3-5-15(6-4-8)18(16,17)10-9(11)7-13-14(10)2;/h7-8,12H,3-6H2,1-2H3;1H. The zero-order valence-corrected chi connectivity index (χ0v) is 13.2. The van der Waals surface area contributed by atoms with Gasteiger partial charge >= 0.3 is 0 Å². The lowest BCUT2D eigenvalue weighted by atomic mass is 10.1. The molecule has 0 radical (unpaired) electrons. The van der Waals surface area contributed by atoms with Gasteiger partial charge in [-0.1, -0.05) is 11.6 Å². The number of aromatic nitrogens is 2. The first-order chi connectivity index (χ1) is 8.46. The van der Waals surface area contributed by atoms with E-state index in [1.165, 1.54) is 15.2 Å². The van der Waals surface area contributed by atoms with Crippen LogP contribution in [0.3, 0.4) is 0 Å². The number of halogens is 2. The Balaban J connectivity index is 0.00000180. The van der Waals surface area contributed by atoms with E-state index < -0.39 is 10.0 Å². The maximum Gasteiger partial charge on any atom is 0.261 e. The number of sulfonamides is 1. The maximum absolute atomic E-state index is 12.4. The molecule has 2 rings (SSSR count). The zero-order valence-electron chi connectivity index (χ0n) is 10.8. The third-order valence-electron chi connectivity index (χ3n) is 3.29. The van der Waals surface area contributed by atoms with Crippen LogP contribution in [-0.4, -0.2) is 48.7 Å². The molecular formula is C10H18Cl2N4O2S. The predicted octanol–water partition coefficient (Wildman–Crippen LogP) is 0.868. The van der Waals surface area contributed by atoms with Crippen molar-refractivity contribution in [3.05, 3.63) is 11.2 Å². The van der Waals surface area contributed by atoms with Gasteiger partial charge in [-0.25, -0.2) is 8.42 Å². The van der Waals surface area contributed by atoms with Crippen LogP contribution in [0.15, 0.2) is 11.2 Å². The van der Waals surface area contributed by atoms with Crippen LogP contribution >= 0.6 is 24.0 Å². The largest absolute Gasteiger partial charge is 0.317 e. The predicted molar refractivity (Wildman–Crippen MR) is 76.3 cm³/mol. The summed E-state index contributed by atoms with van der Waals surface area (Å²) in [6.07, 6.45) is 2.98. The number of hydrogen-bond donors (Lipinski definition) is 1. The summed E-state index contributed by atoms with van der Waals surface area (Å²) in [5.74, 6) is 0. The molecule has 0 atom stereocenters. The van der Waals surface area contributed by atoms with Gasteiger partial charge < -0.3 is 5.32 Å². The molecule has 19 heavy (non-hydrogen) atoms. The van der Waals surface area contributed by atoms with Gasteiger partial charge in [0, 0.05) is 26.2 Å².